The van der Waals surface area contributed by atoms with Gasteiger partial charge in [0.15, 0.2) is 0 Å². The molecule has 0 spiro atoms. The van der Waals surface area contributed by atoms with Crippen molar-refractivity contribution in [3.8, 4) is 0 Å². The zero-order valence-corrected chi connectivity index (χ0v) is 11.6. The van der Waals surface area contributed by atoms with Crippen molar-refractivity contribution >= 4 is 11.5 Å². The Morgan fingerprint density at radius 3 is 2.68 bits per heavy atom. The molecule has 1 saturated heterocycles. The van der Waals surface area contributed by atoms with Crippen LogP contribution in [0.25, 0.3) is 0 Å². The van der Waals surface area contributed by atoms with Crippen molar-refractivity contribution in [3.05, 3.63) is 27.9 Å². The lowest BCUT2D eigenvalue weighted by Crippen LogP contribution is -2.40. The Bertz CT molecular complexity index is 496. The van der Waals surface area contributed by atoms with Crippen LogP contribution < -0.4 is 5.73 Å². The molecule has 1 aliphatic heterocycles. The number of anilines is 1. The predicted molar refractivity (Wildman–Crippen MR) is 73.7 cm³/mol. The van der Waals surface area contributed by atoms with Crippen LogP contribution in [-0.2, 0) is 0 Å². The fourth-order valence-electron chi connectivity index (χ4n) is 2.70. The molecule has 104 valence electrons. The van der Waals surface area contributed by atoms with Gasteiger partial charge in [-0.2, -0.15) is 0 Å². The Kier molecular flexibility index (Phi) is 3.45. The molecule has 1 aromatic heterocycles. The third-order valence-electron chi connectivity index (χ3n) is 3.58. The van der Waals surface area contributed by atoms with Crippen molar-refractivity contribution in [2.75, 3.05) is 12.3 Å². The van der Waals surface area contributed by atoms with Gasteiger partial charge in [-0.3, -0.25) is 15.0 Å². The van der Waals surface area contributed by atoms with Crippen LogP contribution in [0.4, 0.5) is 11.5 Å². The number of hydrogen-bond acceptors (Lipinski definition) is 5. The molecular formula is C13H20N4O2. The molecular weight excluding hydrogens is 244 g/mol. The van der Waals surface area contributed by atoms with Crippen LogP contribution in [0.3, 0.4) is 0 Å². The van der Waals surface area contributed by atoms with Crippen LogP contribution in [0.2, 0.25) is 0 Å². The number of nitrogens with zero attached hydrogens (tertiary/aromatic N) is 3. The smallest absolute Gasteiger partial charge is 0.311 e. The van der Waals surface area contributed by atoms with E-state index >= 15 is 0 Å². The fraction of sp³-hybridized carbons (Fsp3) is 0.615. The summed E-state index contributed by atoms with van der Waals surface area (Å²) in [7, 11) is 0. The number of aromatic nitrogens is 1. The molecule has 2 heterocycles. The fourth-order valence-corrected chi connectivity index (χ4v) is 2.70. The molecule has 0 aromatic carbocycles. The maximum atomic E-state index is 10.8. The quantitative estimate of drug-likeness (QED) is 0.655. The van der Waals surface area contributed by atoms with Gasteiger partial charge in [-0.15, -0.1) is 0 Å². The van der Waals surface area contributed by atoms with E-state index in [-0.39, 0.29) is 23.1 Å². The van der Waals surface area contributed by atoms with Gasteiger partial charge in [0.1, 0.15) is 0 Å². The largest absolute Gasteiger partial charge is 0.378 e. The van der Waals surface area contributed by atoms with Crippen molar-refractivity contribution < 1.29 is 4.92 Å². The summed E-state index contributed by atoms with van der Waals surface area (Å²) in [6, 6.07) is 3.38. The Morgan fingerprint density at radius 2 is 2.16 bits per heavy atom. The molecule has 1 aliphatic rings. The summed E-state index contributed by atoms with van der Waals surface area (Å²) >= 11 is 0. The van der Waals surface area contributed by atoms with Gasteiger partial charge in [0.25, 0.3) is 0 Å². The monoisotopic (exact) mass is 264 g/mol. The first-order chi connectivity index (χ1) is 8.80. The molecule has 0 bridgehead atoms. The number of nitro groups is 1. The molecule has 6 heteroatoms. The van der Waals surface area contributed by atoms with E-state index in [1.165, 1.54) is 6.07 Å². The Labute approximate surface area is 112 Å². The number of pyridine rings is 1. The molecule has 1 fully saturated rings. The first kappa shape index (κ1) is 13.7. The molecule has 1 aromatic rings. The summed E-state index contributed by atoms with van der Waals surface area (Å²) in [6.45, 7) is 7.52. The lowest BCUT2D eigenvalue weighted by atomic mass is 10.0. The van der Waals surface area contributed by atoms with E-state index in [1.54, 1.807) is 6.07 Å². The van der Waals surface area contributed by atoms with Crippen LogP contribution in [0.5, 0.6) is 0 Å². The summed E-state index contributed by atoms with van der Waals surface area (Å²) in [5, 5.41) is 10.8. The molecule has 2 rings (SSSR count). The third-order valence-corrected chi connectivity index (χ3v) is 3.58. The standard InChI is InChI=1S/C13H20N4O2/c1-13(2,3)16-8-4-5-10(16)9-6-7-11(17(18)19)12(14)15-9/h6-7,10H,4-5,8H2,1-3H3,(H2,14,15). The summed E-state index contributed by atoms with van der Waals surface area (Å²) in [4.78, 5) is 16.9. The molecule has 0 aliphatic carbocycles. The van der Waals surface area contributed by atoms with Crippen molar-refractivity contribution in [3.63, 3.8) is 0 Å². The van der Waals surface area contributed by atoms with Gasteiger partial charge in [0, 0.05) is 11.6 Å². The molecule has 19 heavy (non-hydrogen) atoms. The van der Waals surface area contributed by atoms with E-state index in [2.05, 4.69) is 30.7 Å². The number of nitrogens with two attached hydrogens (primary N) is 1. The lowest BCUT2D eigenvalue weighted by molar-refractivity contribution is -0.384. The average molecular weight is 264 g/mol. The van der Waals surface area contributed by atoms with Gasteiger partial charge in [-0.1, -0.05) is 0 Å². The first-order valence-electron chi connectivity index (χ1n) is 6.48. The number of likely N-dealkylation sites (tertiary alicyclic amines) is 1. The predicted octanol–water partition coefficient (Wildman–Crippen LogP) is 2.51. The zero-order chi connectivity index (χ0) is 14.2. The molecule has 2 N–H and O–H groups in total. The van der Waals surface area contributed by atoms with Crippen molar-refractivity contribution in [1.29, 1.82) is 0 Å². The highest BCUT2D eigenvalue weighted by atomic mass is 16.6. The normalized spacial score (nSPS) is 20.7. The molecule has 1 atom stereocenters. The summed E-state index contributed by atoms with van der Waals surface area (Å²) in [6.07, 6.45) is 2.13. The molecule has 0 saturated carbocycles. The maximum Gasteiger partial charge on any atom is 0.311 e. The van der Waals surface area contributed by atoms with Crippen LogP contribution in [0.1, 0.15) is 45.3 Å². The van der Waals surface area contributed by atoms with Gasteiger partial charge in [-0.05, 0) is 46.2 Å². The second-order valence-electron chi connectivity index (χ2n) is 5.92. The minimum Gasteiger partial charge on any atom is -0.378 e. The van der Waals surface area contributed by atoms with Crippen LogP contribution in [0.15, 0.2) is 12.1 Å². The van der Waals surface area contributed by atoms with Gasteiger partial charge in [0.2, 0.25) is 5.82 Å². The average Bonchev–Trinajstić information content (AvgIpc) is 2.76. The van der Waals surface area contributed by atoms with Crippen LogP contribution >= 0.6 is 0 Å². The number of rotatable bonds is 2. The number of nitrogen functional groups attached to an aromatic ring is 1. The van der Waals surface area contributed by atoms with E-state index in [9.17, 15) is 10.1 Å². The highest BCUT2D eigenvalue weighted by Crippen LogP contribution is 2.37. The minimum absolute atomic E-state index is 0.00302. The highest BCUT2D eigenvalue weighted by molar-refractivity contribution is 5.52. The Hall–Kier alpha value is -1.69. The third kappa shape index (κ3) is 2.68. The van der Waals surface area contributed by atoms with E-state index < -0.39 is 4.92 Å². The van der Waals surface area contributed by atoms with Gasteiger partial charge < -0.3 is 5.73 Å². The SMILES string of the molecule is CC(C)(C)N1CCCC1c1ccc([N+](=O)[O-])c(N)n1. The van der Waals surface area contributed by atoms with Gasteiger partial charge in [-0.25, -0.2) is 4.98 Å². The van der Waals surface area contributed by atoms with E-state index in [0.717, 1.165) is 25.1 Å². The zero-order valence-electron chi connectivity index (χ0n) is 11.6. The van der Waals surface area contributed by atoms with Gasteiger partial charge >= 0.3 is 5.69 Å². The Balaban J connectivity index is 2.32. The second-order valence-corrected chi connectivity index (χ2v) is 5.92. The minimum atomic E-state index is -0.498. The number of hydrogen-bond donors (Lipinski definition) is 1. The Morgan fingerprint density at radius 1 is 1.47 bits per heavy atom. The van der Waals surface area contributed by atoms with Crippen LogP contribution in [0, 0.1) is 10.1 Å². The van der Waals surface area contributed by atoms with Crippen molar-refractivity contribution in [2.45, 2.75) is 45.2 Å². The van der Waals surface area contributed by atoms with E-state index in [4.69, 9.17) is 5.73 Å². The van der Waals surface area contributed by atoms with E-state index in [0.29, 0.717) is 0 Å². The lowest BCUT2D eigenvalue weighted by Gasteiger charge is -2.36. The maximum absolute atomic E-state index is 10.8. The van der Waals surface area contributed by atoms with Crippen molar-refractivity contribution in [2.24, 2.45) is 0 Å². The summed E-state index contributed by atoms with van der Waals surface area (Å²) < 4.78 is 0. The highest BCUT2D eigenvalue weighted by Gasteiger charge is 2.35. The summed E-state index contributed by atoms with van der Waals surface area (Å²) in [5.74, 6) is 0.00302. The molecule has 1 unspecified atom stereocenters. The van der Waals surface area contributed by atoms with Crippen molar-refractivity contribution in [1.82, 2.24) is 9.88 Å². The summed E-state index contributed by atoms with van der Waals surface area (Å²) in [5.41, 5.74) is 6.44. The van der Waals surface area contributed by atoms with Gasteiger partial charge in [0.05, 0.1) is 16.7 Å². The molecule has 6 nitrogen and oxygen atoms in total. The topological polar surface area (TPSA) is 85.3 Å². The first-order valence-corrected chi connectivity index (χ1v) is 6.48. The molecule has 0 amide bonds. The van der Waals surface area contributed by atoms with E-state index in [1.807, 2.05) is 0 Å². The second kappa shape index (κ2) is 4.77. The molecule has 0 radical (unpaired) electrons. The van der Waals surface area contributed by atoms with Crippen LogP contribution in [-0.4, -0.2) is 26.9 Å².